The third-order valence-electron chi connectivity index (χ3n) is 3.22. The summed E-state index contributed by atoms with van der Waals surface area (Å²) in [6.07, 6.45) is 2.91. The van der Waals surface area contributed by atoms with Gasteiger partial charge in [-0.2, -0.15) is 5.10 Å². The van der Waals surface area contributed by atoms with Crippen molar-refractivity contribution < 1.29 is 0 Å². The minimum atomic E-state index is 0.593. The highest BCUT2D eigenvalue weighted by Gasteiger charge is 2.13. The van der Waals surface area contributed by atoms with Gasteiger partial charge in [0.05, 0.1) is 5.69 Å². The highest BCUT2D eigenvalue weighted by Crippen LogP contribution is 2.28. The maximum Gasteiger partial charge on any atom is 0.126 e. The largest absolute Gasteiger partial charge is 0.383 e. The van der Waals surface area contributed by atoms with Gasteiger partial charge in [0.2, 0.25) is 0 Å². The van der Waals surface area contributed by atoms with E-state index in [1.54, 1.807) is 0 Å². The molecule has 0 atom stereocenters. The molecule has 2 aromatic heterocycles. The number of hydrogen-bond acceptors (Lipinski definition) is 3. The zero-order chi connectivity index (χ0) is 13.3. The van der Waals surface area contributed by atoms with E-state index in [0.717, 1.165) is 29.8 Å². The van der Waals surface area contributed by atoms with Gasteiger partial charge in [0.1, 0.15) is 5.82 Å². The molecule has 0 aliphatic carbocycles. The summed E-state index contributed by atoms with van der Waals surface area (Å²) in [7, 11) is 0. The van der Waals surface area contributed by atoms with Crippen LogP contribution in [0.1, 0.15) is 30.3 Å². The van der Waals surface area contributed by atoms with Crippen molar-refractivity contribution in [2.75, 3.05) is 5.73 Å². The maximum absolute atomic E-state index is 5.76. The van der Waals surface area contributed by atoms with Crippen LogP contribution >= 0.6 is 0 Å². The molecule has 0 aliphatic heterocycles. The Morgan fingerprint density at radius 1 is 1.28 bits per heavy atom. The van der Waals surface area contributed by atoms with Gasteiger partial charge in [-0.05, 0) is 38.8 Å². The summed E-state index contributed by atoms with van der Waals surface area (Å²) in [5, 5.41) is 4.59. The molecular formula is C14H20N4. The average molecular weight is 244 g/mol. The minimum Gasteiger partial charge on any atom is -0.383 e. The van der Waals surface area contributed by atoms with Crippen molar-refractivity contribution in [1.82, 2.24) is 14.8 Å². The predicted molar refractivity (Wildman–Crippen MR) is 74.4 cm³/mol. The molecule has 0 unspecified atom stereocenters. The number of hydrogen-bond donors (Lipinski definition) is 1. The van der Waals surface area contributed by atoms with Crippen LogP contribution in [0.4, 0.5) is 5.82 Å². The first-order chi connectivity index (χ1) is 8.54. The number of aryl methyl sites for hydroxylation is 3. The van der Waals surface area contributed by atoms with Crippen molar-refractivity contribution >= 4 is 5.82 Å². The lowest BCUT2D eigenvalue weighted by Gasteiger charge is -2.06. The molecule has 0 saturated carbocycles. The van der Waals surface area contributed by atoms with Crippen LogP contribution in [0.2, 0.25) is 0 Å². The lowest BCUT2D eigenvalue weighted by atomic mass is 10.0. The fourth-order valence-corrected chi connectivity index (χ4v) is 2.27. The molecule has 18 heavy (non-hydrogen) atoms. The molecule has 0 amide bonds. The van der Waals surface area contributed by atoms with E-state index in [2.05, 4.69) is 34.7 Å². The molecule has 2 aromatic rings. The van der Waals surface area contributed by atoms with Gasteiger partial charge in [0, 0.05) is 29.6 Å². The Hall–Kier alpha value is -1.84. The van der Waals surface area contributed by atoms with Crippen LogP contribution in [-0.4, -0.2) is 14.8 Å². The van der Waals surface area contributed by atoms with Gasteiger partial charge >= 0.3 is 0 Å². The van der Waals surface area contributed by atoms with E-state index in [0.29, 0.717) is 5.82 Å². The summed E-state index contributed by atoms with van der Waals surface area (Å²) in [5.41, 5.74) is 11.3. The van der Waals surface area contributed by atoms with E-state index in [1.807, 2.05) is 20.0 Å². The predicted octanol–water partition coefficient (Wildman–Crippen LogP) is 2.86. The number of aromatic nitrogens is 3. The van der Waals surface area contributed by atoms with Crippen LogP contribution in [0.15, 0.2) is 12.3 Å². The zero-order valence-corrected chi connectivity index (χ0v) is 11.5. The average Bonchev–Trinajstić information content (AvgIpc) is 2.59. The first-order valence-corrected chi connectivity index (χ1v) is 6.31. The molecule has 0 aromatic carbocycles. The van der Waals surface area contributed by atoms with Gasteiger partial charge in [0.25, 0.3) is 0 Å². The Bertz CT molecular complexity index is 569. The fourth-order valence-electron chi connectivity index (χ4n) is 2.27. The molecule has 0 fully saturated rings. The van der Waals surface area contributed by atoms with Crippen LogP contribution < -0.4 is 5.73 Å². The Morgan fingerprint density at radius 3 is 2.61 bits per heavy atom. The third kappa shape index (κ3) is 2.10. The number of nitrogens with zero attached hydrogens (tertiary/aromatic N) is 3. The third-order valence-corrected chi connectivity index (χ3v) is 3.22. The molecule has 2 rings (SSSR count). The van der Waals surface area contributed by atoms with Crippen LogP contribution in [0.5, 0.6) is 0 Å². The SMILES string of the molecule is CCCn1nc(C)c(-c2cnc(N)c(C)c2)c1C. The quantitative estimate of drug-likeness (QED) is 0.903. The number of nitrogen functional groups attached to an aromatic ring is 1. The van der Waals surface area contributed by atoms with Gasteiger partial charge in [-0.25, -0.2) is 4.98 Å². The Labute approximate surface area is 108 Å². The molecular weight excluding hydrogens is 224 g/mol. The summed E-state index contributed by atoms with van der Waals surface area (Å²) >= 11 is 0. The lowest BCUT2D eigenvalue weighted by Crippen LogP contribution is -2.01. The van der Waals surface area contributed by atoms with Crippen LogP contribution in [0, 0.1) is 20.8 Å². The van der Waals surface area contributed by atoms with Crippen molar-refractivity contribution in [2.24, 2.45) is 0 Å². The van der Waals surface area contributed by atoms with E-state index in [9.17, 15) is 0 Å². The normalized spacial score (nSPS) is 10.9. The molecule has 4 nitrogen and oxygen atoms in total. The summed E-state index contributed by atoms with van der Waals surface area (Å²) < 4.78 is 2.07. The molecule has 96 valence electrons. The number of anilines is 1. The maximum atomic E-state index is 5.76. The van der Waals surface area contributed by atoms with Crippen molar-refractivity contribution in [3.63, 3.8) is 0 Å². The van der Waals surface area contributed by atoms with E-state index < -0.39 is 0 Å². The van der Waals surface area contributed by atoms with Crippen molar-refractivity contribution in [3.8, 4) is 11.1 Å². The molecule has 0 saturated heterocycles. The number of nitrogens with two attached hydrogens (primary N) is 1. The molecule has 0 bridgehead atoms. The fraction of sp³-hybridized carbons (Fsp3) is 0.429. The number of pyridine rings is 1. The van der Waals surface area contributed by atoms with Crippen LogP contribution in [-0.2, 0) is 6.54 Å². The first kappa shape index (κ1) is 12.6. The molecule has 0 radical (unpaired) electrons. The van der Waals surface area contributed by atoms with Crippen LogP contribution in [0.25, 0.3) is 11.1 Å². The molecule has 2 heterocycles. The highest BCUT2D eigenvalue weighted by atomic mass is 15.3. The highest BCUT2D eigenvalue weighted by molar-refractivity contribution is 5.69. The lowest BCUT2D eigenvalue weighted by molar-refractivity contribution is 0.583. The second-order valence-electron chi connectivity index (χ2n) is 4.70. The zero-order valence-electron chi connectivity index (χ0n) is 11.5. The second-order valence-corrected chi connectivity index (χ2v) is 4.70. The molecule has 0 spiro atoms. The van der Waals surface area contributed by atoms with E-state index in [4.69, 9.17) is 5.73 Å². The van der Waals surface area contributed by atoms with Gasteiger partial charge in [-0.15, -0.1) is 0 Å². The van der Waals surface area contributed by atoms with Gasteiger partial charge in [-0.1, -0.05) is 6.92 Å². The summed E-state index contributed by atoms with van der Waals surface area (Å²) in [6.45, 7) is 9.24. The number of rotatable bonds is 3. The standard InChI is InChI=1S/C14H20N4/c1-5-6-18-11(4)13(10(3)17-18)12-7-9(2)14(15)16-8-12/h7-8H,5-6H2,1-4H3,(H2,15,16). The van der Waals surface area contributed by atoms with Crippen LogP contribution in [0.3, 0.4) is 0 Å². The summed E-state index contributed by atoms with van der Waals surface area (Å²) in [6, 6.07) is 2.08. The van der Waals surface area contributed by atoms with Crippen molar-refractivity contribution in [2.45, 2.75) is 40.7 Å². The minimum absolute atomic E-state index is 0.593. The Morgan fingerprint density at radius 2 is 2.00 bits per heavy atom. The van der Waals surface area contributed by atoms with Gasteiger partial charge < -0.3 is 5.73 Å². The molecule has 0 aliphatic rings. The van der Waals surface area contributed by atoms with Gasteiger partial charge in [0.15, 0.2) is 0 Å². The smallest absolute Gasteiger partial charge is 0.126 e. The van der Waals surface area contributed by atoms with Crippen molar-refractivity contribution in [1.29, 1.82) is 0 Å². The Kier molecular flexibility index (Phi) is 3.36. The molecule has 4 heteroatoms. The molecule has 2 N–H and O–H groups in total. The van der Waals surface area contributed by atoms with E-state index in [1.165, 1.54) is 11.3 Å². The summed E-state index contributed by atoms with van der Waals surface area (Å²) in [5.74, 6) is 0.593. The van der Waals surface area contributed by atoms with Gasteiger partial charge in [-0.3, -0.25) is 4.68 Å². The van der Waals surface area contributed by atoms with E-state index >= 15 is 0 Å². The monoisotopic (exact) mass is 244 g/mol. The first-order valence-electron chi connectivity index (χ1n) is 6.31. The summed E-state index contributed by atoms with van der Waals surface area (Å²) in [4.78, 5) is 4.23. The van der Waals surface area contributed by atoms with E-state index in [-0.39, 0.29) is 0 Å². The second kappa shape index (κ2) is 4.80. The van der Waals surface area contributed by atoms with Crippen molar-refractivity contribution in [3.05, 3.63) is 29.2 Å². The topological polar surface area (TPSA) is 56.7 Å². The Balaban J connectivity index is 2.53.